The molecule has 0 radical (unpaired) electrons. The van der Waals surface area contributed by atoms with Crippen LogP contribution in [0.15, 0.2) is 24.3 Å². The average molecular weight is 231 g/mol. The van der Waals surface area contributed by atoms with Crippen LogP contribution in [0.2, 0.25) is 0 Å². The van der Waals surface area contributed by atoms with E-state index in [4.69, 9.17) is 11.0 Å². The molecule has 0 unspecified atom stereocenters. The molecule has 4 nitrogen and oxygen atoms in total. The van der Waals surface area contributed by atoms with Gasteiger partial charge in [0.2, 0.25) is 5.91 Å². The van der Waals surface area contributed by atoms with Gasteiger partial charge in [-0.25, -0.2) is 0 Å². The van der Waals surface area contributed by atoms with E-state index in [1.807, 2.05) is 12.1 Å². The number of nitriles is 1. The van der Waals surface area contributed by atoms with E-state index in [1.165, 1.54) is 0 Å². The van der Waals surface area contributed by atoms with E-state index in [9.17, 15) is 4.79 Å². The van der Waals surface area contributed by atoms with Crippen LogP contribution in [0.25, 0.3) is 0 Å². The third kappa shape index (κ3) is 4.56. The maximum atomic E-state index is 11.6. The molecule has 1 aromatic rings. The van der Waals surface area contributed by atoms with Crippen LogP contribution in [0, 0.1) is 16.7 Å². The minimum absolute atomic E-state index is 0.0982. The molecule has 0 fully saturated rings. The van der Waals surface area contributed by atoms with E-state index >= 15 is 0 Å². The molecule has 1 rings (SSSR count). The molecule has 1 aromatic carbocycles. The fourth-order valence-corrected chi connectivity index (χ4v) is 1.31. The van der Waals surface area contributed by atoms with Crippen molar-refractivity contribution < 1.29 is 4.79 Å². The highest BCUT2D eigenvalue weighted by Crippen LogP contribution is 2.11. The molecule has 0 atom stereocenters. The predicted octanol–water partition coefficient (Wildman–Crippen LogP) is 1.48. The quantitative estimate of drug-likeness (QED) is 0.770. The number of carbonyl (C=O) groups excluding carboxylic acids is 1. The minimum Gasteiger partial charge on any atom is -0.399 e. The second-order valence-electron chi connectivity index (χ2n) is 4.69. The zero-order valence-electron chi connectivity index (χ0n) is 10.2. The van der Waals surface area contributed by atoms with Crippen molar-refractivity contribution >= 4 is 11.6 Å². The number of nitrogens with two attached hydrogens (primary N) is 1. The summed E-state index contributed by atoms with van der Waals surface area (Å²) >= 11 is 0. The van der Waals surface area contributed by atoms with Crippen LogP contribution >= 0.6 is 0 Å². The highest BCUT2D eigenvalue weighted by Gasteiger charge is 2.17. The first-order valence-corrected chi connectivity index (χ1v) is 5.45. The van der Waals surface area contributed by atoms with Gasteiger partial charge in [-0.2, -0.15) is 5.26 Å². The number of nitrogens with one attached hydrogen (secondary N) is 1. The lowest BCUT2D eigenvalue weighted by atomic mass is 9.96. The van der Waals surface area contributed by atoms with E-state index < -0.39 is 5.41 Å². The lowest BCUT2D eigenvalue weighted by molar-refractivity contribution is -0.120. The summed E-state index contributed by atoms with van der Waals surface area (Å²) in [5, 5.41) is 11.6. The summed E-state index contributed by atoms with van der Waals surface area (Å²) in [6.07, 6.45) is 0.284. The molecular formula is C13H17N3O. The summed E-state index contributed by atoms with van der Waals surface area (Å²) in [5.74, 6) is -0.0982. The third-order valence-electron chi connectivity index (χ3n) is 2.35. The Balaban J connectivity index is 2.49. The van der Waals surface area contributed by atoms with E-state index in [1.54, 1.807) is 26.0 Å². The summed E-state index contributed by atoms with van der Waals surface area (Å²) in [5.41, 5.74) is 6.61. The van der Waals surface area contributed by atoms with Crippen molar-refractivity contribution in [1.29, 1.82) is 5.26 Å². The van der Waals surface area contributed by atoms with Gasteiger partial charge in [0, 0.05) is 12.2 Å². The predicted molar refractivity (Wildman–Crippen MR) is 67.0 cm³/mol. The van der Waals surface area contributed by atoms with E-state index in [2.05, 4.69) is 11.4 Å². The Morgan fingerprint density at radius 2 is 2.24 bits per heavy atom. The average Bonchev–Trinajstić information content (AvgIpc) is 2.27. The highest BCUT2D eigenvalue weighted by molar-refractivity contribution is 5.78. The highest BCUT2D eigenvalue weighted by atomic mass is 16.1. The Hall–Kier alpha value is -2.02. The van der Waals surface area contributed by atoms with Crippen molar-refractivity contribution in [2.75, 3.05) is 12.3 Å². The zero-order chi connectivity index (χ0) is 12.9. The van der Waals surface area contributed by atoms with Gasteiger partial charge in [0.25, 0.3) is 0 Å². The molecule has 0 aliphatic heterocycles. The number of rotatable bonds is 4. The van der Waals surface area contributed by atoms with Crippen molar-refractivity contribution in [2.45, 2.75) is 20.3 Å². The zero-order valence-corrected chi connectivity index (χ0v) is 10.2. The monoisotopic (exact) mass is 231 g/mol. The topological polar surface area (TPSA) is 78.9 Å². The van der Waals surface area contributed by atoms with Crippen LogP contribution in [0.4, 0.5) is 5.69 Å². The number of anilines is 1. The smallest absolute Gasteiger partial charge is 0.224 e. The normalized spacial score (nSPS) is 10.6. The van der Waals surface area contributed by atoms with Crippen molar-refractivity contribution in [3.63, 3.8) is 0 Å². The first-order valence-electron chi connectivity index (χ1n) is 5.45. The molecule has 0 saturated heterocycles. The standard InChI is InChI=1S/C13H17N3O/c1-13(2,8-14)9-16-12(17)7-10-4-3-5-11(15)6-10/h3-6H,7,9,15H2,1-2H3,(H,16,17). The van der Waals surface area contributed by atoms with Crippen LogP contribution in [-0.2, 0) is 11.2 Å². The molecule has 3 N–H and O–H groups in total. The number of amides is 1. The molecule has 0 spiro atoms. The van der Waals surface area contributed by atoms with E-state index in [0.29, 0.717) is 12.2 Å². The lowest BCUT2D eigenvalue weighted by Gasteiger charge is -2.15. The Labute approximate surface area is 101 Å². The largest absolute Gasteiger partial charge is 0.399 e. The molecule has 90 valence electrons. The maximum Gasteiger partial charge on any atom is 0.224 e. The van der Waals surface area contributed by atoms with Crippen LogP contribution in [0.5, 0.6) is 0 Å². The molecule has 0 aromatic heterocycles. The molecule has 0 bridgehead atoms. The fourth-order valence-electron chi connectivity index (χ4n) is 1.31. The first-order chi connectivity index (χ1) is 7.93. The number of nitrogens with zero attached hydrogens (tertiary/aromatic N) is 1. The molecule has 0 heterocycles. The van der Waals surface area contributed by atoms with Gasteiger partial charge in [0.05, 0.1) is 17.9 Å². The van der Waals surface area contributed by atoms with Gasteiger partial charge in [0.1, 0.15) is 0 Å². The Kier molecular flexibility index (Phi) is 4.11. The van der Waals surface area contributed by atoms with Crippen molar-refractivity contribution in [3.8, 4) is 6.07 Å². The maximum absolute atomic E-state index is 11.6. The summed E-state index contributed by atoms with van der Waals surface area (Å²) < 4.78 is 0. The molecule has 0 aliphatic carbocycles. The van der Waals surface area contributed by atoms with E-state index in [-0.39, 0.29) is 12.3 Å². The Morgan fingerprint density at radius 1 is 1.53 bits per heavy atom. The van der Waals surface area contributed by atoms with Gasteiger partial charge < -0.3 is 11.1 Å². The first kappa shape index (κ1) is 13.0. The van der Waals surface area contributed by atoms with Gasteiger partial charge in [-0.3, -0.25) is 4.79 Å². The van der Waals surface area contributed by atoms with Gasteiger partial charge in [-0.05, 0) is 31.5 Å². The number of benzene rings is 1. The van der Waals surface area contributed by atoms with Gasteiger partial charge in [-0.15, -0.1) is 0 Å². The SMILES string of the molecule is CC(C)(C#N)CNC(=O)Cc1cccc(N)c1. The van der Waals surface area contributed by atoms with Crippen LogP contribution in [0.3, 0.4) is 0 Å². The molecule has 1 amide bonds. The summed E-state index contributed by atoms with van der Waals surface area (Å²) in [6, 6.07) is 9.35. The van der Waals surface area contributed by atoms with Crippen molar-refractivity contribution in [3.05, 3.63) is 29.8 Å². The summed E-state index contributed by atoms with van der Waals surface area (Å²) in [6.45, 7) is 3.92. The Morgan fingerprint density at radius 3 is 2.82 bits per heavy atom. The molecule has 0 saturated carbocycles. The minimum atomic E-state index is -0.536. The van der Waals surface area contributed by atoms with Crippen LogP contribution in [-0.4, -0.2) is 12.5 Å². The summed E-state index contributed by atoms with van der Waals surface area (Å²) in [4.78, 5) is 11.6. The molecule has 17 heavy (non-hydrogen) atoms. The molecule has 4 heteroatoms. The van der Waals surface area contributed by atoms with Crippen molar-refractivity contribution in [2.24, 2.45) is 5.41 Å². The van der Waals surface area contributed by atoms with Gasteiger partial charge in [0.15, 0.2) is 0 Å². The Bertz CT molecular complexity index is 446. The third-order valence-corrected chi connectivity index (χ3v) is 2.35. The number of nitrogen functional groups attached to an aromatic ring is 1. The summed E-state index contributed by atoms with van der Waals surface area (Å²) in [7, 11) is 0. The number of carbonyl (C=O) groups is 1. The van der Waals surface area contributed by atoms with Gasteiger partial charge in [-0.1, -0.05) is 12.1 Å². The van der Waals surface area contributed by atoms with Gasteiger partial charge >= 0.3 is 0 Å². The number of hydrogen-bond acceptors (Lipinski definition) is 3. The fraction of sp³-hybridized carbons (Fsp3) is 0.385. The number of hydrogen-bond donors (Lipinski definition) is 2. The molecule has 0 aliphatic rings. The van der Waals surface area contributed by atoms with Crippen LogP contribution in [0.1, 0.15) is 19.4 Å². The second-order valence-corrected chi connectivity index (χ2v) is 4.69. The lowest BCUT2D eigenvalue weighted by Crippen LogP contribution is -2.34. The van der Waals surface area contributed by atoms with Crippen molar-refractivity contribution in [1.82, 2.24) is 5.32 Å². The molecular weight excluding hydrogens is 214 g/mol. The van der Waals surface area contributed by atoms with Crippen LogP contribution < -0.4 is 11.1 Å². The second kappa shape index (κ2) is 5.35. The van der Waals surface area contributed by atoms with E-state index in [0.717, 1.165) is 5.56 Å².